The van der Waals surface area contributed by atoms with Crippen molar-refractivity contribution in [3.05, 3.63) is 210 Å². The molecule has 2 heterocycles. The lowest BCUT2D eigenvalue weighted by Crippen LogP contribution is -2.19. The molecule has 4 amide bonds. The first kappa shape index (κ1) is 44.5. The number of amides is 4. The molecular weight excluding hydrogens is 838 g/mol. The van der Waals surface area contributed by atoms with Gasteiger partial charge in [-0.3, -0.25) is 0 Å². The van der Waals surface area contributed by atoms with Gasteiger partial charge in [0.2, 0.25) is 0 Å². The summed E-state index contributed by atoms with van der Waals surface area (Å²) >= 11 is 11.7. The van der Waals surface area contributed by atoms with Crippen LogP contribution in [0.4, 0.5) is 43.8 Å². The minimum Gasteiger partial charge on any atom is -0.399 e. The van der Waals surface area contributed by atoms with Crippen LogP contribution in [0.15, 0.2) is 200 Å². The molecule has 1 aliphatic heterocycles. The van der Waals surface area contributed by atoms with Crippen LogP contribution in [0, 0.1) is 0 Å². The van der Waals surface area contributed by atoms with E-state index in [4.69, 9.17) is 33.9 Å². The van der Waals surface area contributed by atoms with Crippen molar-refractivity contribution in [3.63, 3.8) is 0 Å². The van der Waals surface area contributed by atoms with E-state index in [1.807, 2.05) is 121 Å². The van der Waals surface area contributed by atoms with Gasteiger partial charge in [-0.2, -0.15) is 0 Å². The van der Waals surface area contributed by atoms with Crippen molar-refractivity contribution < 1.29 is 9.59 Å². The number of urea groups is 2. The van der Waals surface area contributed by atoms with Gasteiger partial charge in [0.15, 0.2) is 0 Å². The van der Waals surface area contributed by atoms with Gasteiger partial charge in [-0.15, -0.1) is 0 Å². The van der Waals surface area contributed by atoms with E-state index in [1.54, 1.807) is 48.5 Å². The Labute approximate surface area is 383 Å². The smallest absolute Gasteiger partial charge is 0.323 e. The molecule has 7 aromatic carbocycles. The molecule has 11 heteroatoms. The lowest BCUT2D eigenvalue weighted by Gasteiger charge is -2.17. The maximum Gasteiger partial charge on any atom is 0.323 e. The van der Waals surface area contributed by atoms with E-state index in [0.29, 0.717) is 27.1 Å². The summed E-state index contributed by atoms with van der Waals surface area (Å²) in [6, 6.07) is 63.1. The molecule has 0 spiro atoms. The van der Waals surface area contributed by atoms with E-state index in [1.165, 1.54) is 24.0 Å². The van der Waals surface area contributed by atoms with Gasteiger partial charge in [0, 0.05) is 57.1 Å². The highest BCUT2D eigenvalue weighted by molar-refractivity contribution is 6.31. The van der Waals surface area contributed by atoms with Crippen LogP contribution in [0.5, 0.6) is 0 Å². The van der Waals surface area contributed by atoms with E-state index in [0.717, 1.165) is 52.7 Å². The molecule has 1 saturated heterocycles. The summed E-state index contributed by atoms with van der Waals surface area (Å²) in [6.45, 7) is 2.14. The molecule has 0 atom stereocenters. The van der Waals surface area contributed by atoms with Crippen LogP contribution in [0.25, 0.3) is 33.5 Å². The Morgan fingerprint density at radius 3 is 1.20 bits per heavy atom. The summed E-state index contributed by atoms with van der Waals surface area (Å²) in [5, 5.41) is 12.4. The number of rotatable bonds is 8. The van der Waals surface area contributed by atoms with Crippen molar-refractivity contribution in [1.29, 1.82) is 0 Å². The fraction of sp³-hybridized carbons (Fsp3) is 0.0755. The average Bonchev–Trinajstić information content (AvgIpc) is 3.88. The van der Waals surface area contributed by atoms with Crippen molar-refractivity contribution in [2.75, 3.05) is 45.0 Å². The Morgan fingerprint density at radius 2 is 0.781 bits per heavy atom. The van der Waals surface area contributed by atoms with Crippen LogP contribution in [0.2, 0.25) is 10.0 Å². The molecule has 8 aromatic rings. The number of hydrogen-bond acceptors (Lipinski definition) is 5. The molecule has 320 valence electrons. The van der Waals surface area contributed by atoms with E-state index in [-0.39, 0.29) is 12.1 Å². The maximum atomic E-state index is 12.1. The molecule has 0 radical (unpaired) electrons. The molecule has 64 heavy (non-hydrogen) atoms. The Morgan fingerprint density at radius 1 is 0.422 bits per heavy atom. The minimum atomic E-state index is -0.302. The van der Waals surface area contributed by atoms with Crippen LogP contribution in [0.1, 0.15) is 12.8 Å². The second-order valence-electron chi connectivity index (χ2n) is 14.8. The Kier molecular flexibility index (Phi) is 15.6. The molecular formula is C53H47Cl2N7O2. The number of benzene rings is 7. The normalized spacial score (nSPS) is 11.5. The summed E-state index contributed by atoms with van der Waals surface area (Å²) < 4.78 is 0. The van der Waals surface area contributed by atoms with Crippen molar-refractivity contribution >= 4 is 69.5 Å². The number of nitrogens with zero attached hydrogens (tertiary/aromatic N) is 2. The van der Waals surface area contributed by atoms with Gasteiger partial charge in [0.25, 0.3) is 0 Å². The van der Waals surface area contributed by atoms with Crippen LogP contribution in [0.3, 0.4) is 0 Å². The number of pyridine rings is 1. The second-order valence-corrected chi connectivity index (χ2v) is 15.6. The predicted molar refractivity (Wildman–Crippen MR) is 267 cm³/mol. The molecule has 9 rings (SSSR count). The standard InChI is InChI=1S/C22H21ClN4O.C19H15ClN2O.C12H11N/c23-17-8-12-19(13-9-17)25-22(28)24-18-10-6-16(7-11-18)20-4-3-5-21(26-20)27-14-1-2-15-27;20-16-8-12-18(13-9-16)22-19(23)21-17-10-6-15(7-11-17)14-4-2-1-3-5-14;13-12-8-6-11(7-9-12)10-4-2-1-3-5-10/h3-13H,1-2,14-15H2,(H2,24,25,28);1-13H,(H2,21,22,23);1-9H,13H2. The predicted octanol–water partition coefficient (Wildman–Crippen LogP) is 14.2. The average molecular weight is 885 g/mol. The number of carbonyl (C=O) groups excluding carboxylic acids is 2. The highest BCUT2D eigenvalue weighted by Crippen LogP contribution is 2.26. The maximum absolute atomic E-state index is 12.1. The fourth-order valence-electron chi connectivity index (χ4n) is 6.77. The van der Waals surface area contributed by atoms with E-state index in [9.17, 15) is 9.59 Å². The van der Waals surface area contributed by atoms with Crippen LogP contribution in [-0.4, -0.2) is 30.1 Å². The largest absolute Gasteiger partial charge is 0.399 e. The lowest BCUT2D eigenvalue weighted by atomic mass is 10.1. The van der Waals surface area contributed by atoms with Gasteiger partial charge >= 0.3 is 12.1 Å². The zero-order valence-corrected chi connectivity index (χ0v) is 36.4. The molecule has 6 N–H and O–H groups in total. The number of nitrogens with one attached hydrogen (secondary N) is 4. The SMILES string of the molecule is Nc1ccc(-c2ccccc2)cc1.O=C(Nc1ccc(Cl)cc1)Nc1ccc(-c2cccc(N3CCCC3)n2)cc1.O=C(Nc1ccc(Cl)cc1)Nc1ccc(-c2ccccc2)cc1. The molecule has 0 bridgehead atoms. The summed E-state index contributed by atoms with van der Waals surface area (Å²) in [4.78, 5) is 31.2. The number of carbonyl (C=O) groups is 2. The van der Waals surface area contributed by atoms with E-state index >= 15 is 0 Å². The Balaban J connectivity index is 0.000000153. The van der Waals surface area contributed by atoms with Crippen molar-refractivity contribution in [2.24, 2.45) is 0 Å². The van der Waals surface area contributed by atoms with Crippen LogP contribution < -0.4 is 31.9 Å². The van der Waals surface area contributed by atoms with E-state index in [2.05, 4.69) is 56.5 Å². The quantitative estimate of drug-likeness (QED) is 0.0972. The first-order chi connectivity index (χ1) is 31.2. The van der Waals surface area contributed by atoms with Gasteiger partial charge in [0.1, 0.15) is 5.82 Å². The number of hydrogen-bond donors (Lipinski definition) is 5. The zero-order chi connectivity index (χ0) is 44.5. The number of nitrogen functional groups attached to an aromatic ring is 1. The van der Waals surface area contributed by atoms with E-state index < -0.39 is 0 Å². The minimum absolute atomic E-state index is 0.292. The van der Waals surface area contributed by atoms with Gasteiger partial charge in [-0.05, 0) is 132 Å². The van der Waals surface area contributed by atoms with Crippen molar-refractivity contribution in [1.82, 2.24) is 4.98 Å². The van der Waals surface area contributed by atoms with Gasteiger partial charge in [0.05, 0.1) is 5.69 Å². The molecule has 0 saturated carbocycles. The van der Waals surface area contributed by atoms with Crippen molar-refractivity contribution in [2.45, 2.75) is 12.8 Å². The Hall–Kier alpha value is -7.59. The third kappa shape index (κ3) is 13.5. The number of anilines is 6. The summed E-state index contributed by atoms with van der Waals surface area (Å²) in [5.74, 6) is 1.03. The van der Waals surface area contributed by atoms with Crippen molar-refractivity contribution in [3.8, 4) is 33.5 Å². The first-order valence-corrected chi connectivity index (χ1v) is 21.6. The van der Waals surface area contributed by atoms with Gasteiger partial charge in [-0.25, -0.2) is 14.6 Å². The molecule has 1 aromatic heterocycles. The monoisotopic (exact) mass is 883 g/mol. The summed E-state index contributed by atoms with van der Waals surface area (Å²) in [6.07, 6.45) is 2.45. The number of aromatic nitrogens is 1. The second kappa shape index (κ2) is 22.5. The molecule has 1 aliphatic rings. The molecule has 0 aliphatic carbocycles. The third-order valence-corrected chi connectivity index (χ3v) is 10.6. The van der Waals surface area contributed by atoms with Gasteiger partial charge < -0.3 is 31.9 Å². The highest BCUT2D eigenvalue weighted by atomic mass is 35.5. The third-order valence-electron chi connectivity index (χ3n) is 10.1. The summed E-state index contributed by atoms with van der Waals surface area (Å²) in [5.41, 5.74) is 15.9. The first-order valence-electron chi connectivity index (χ1n) is 20.8. The molecule has 1 fully saturated rings. The van der Waals surface area contributed by atoms with Crippen LogP contribution >= 0.6 is 23.2 Å². The lowest BCUT2D eigenvalue weighted by molar-refractivity contribution is 0.261. The highest BCUT2D eigenvalue weighted by Gasteiger charge is 2.14. The number of halogens is 2. The zero-order valence-electron chi connectivity index (χ0n) is 34.9. The molecule has 0 unspecified atom stereocenters. The molecule has 9 nitrogen and oxygen atoms in total. The van der Waals surface area contributed by atoms with Crippen LogP contribution in [-0.2, 0) is 0 Å². The number of nitrogens with two attached hydrogens (primary N) is 1. The summed E-state index contributed by atoms with van der Waals surface area (Å²) in [7, 11) is 0. The Bertz CT molecular complexity index is 2700. The van der Waals surface area contributed by atoms with Gasteiger partial charge in [-0.1, -0.05) is 126 Å². The fourth-order valence-corrected chi connectivity index (χ4v) is 7.02. The topological polar surface area (TPSA) is 124 Å².